The molecule has 0 aliphatic carbocycles. The number of hydrogen-bond donors (Lipinski definition) is 2. The van der Waals surface area contributed by atoms with Gasteiger partial charge >= 0.3 is 5.97 Å². The van der Waals surface area contributed by atoms with Crippen molar-refractivity contribution >= 4 is 23.5 Å². The van der Waals surface area contributed by atoms with E-state index >= 15 is 0 Å². The minimum atomic E-state index is -0.877. The monoisotopic (exact) mass is 446 g/mol. The van der Waals surface area contributed by atoms with Crippen LogP contribution in [0, 0.1) is 0 Å². The zero-order chi connectivity index (χ0) is 23.6. The van der Waals surface area contributed by atoms with Crippen molar-refractivity contribution in [3.05, 3.63) is 96.1 Å². The number of rotatable bonds is 9. The van der Waals surface area contributed by atoms with Crippen LogP contribution in [0.4, 0.5) is 5.69 Å². The van der Waals surface area contributed by atoms with Crippen molar-refractivity contribution in [3.8, 4) is 5.75 Å². The molecular formula is C26H26N2O5. The maximum Gasteiger partial charge on any atom is 0.347 e. The second-order valence-electron chi connectivity index (χ2n) is 7.38. The number of hydrogen-bond acceptors (Lipinski definition) is 5. The summed E-state index contributed by atoms with van der Waals surface area (Å²) in [6, 6.07) is 24.8. The predicted octanol–water partition coefficient (Wildman–Crippen LogP) is 4.13. The second kappa shape index (κ2) is 11.5. The number of carbonyl (C=O) groups excluding carboxylic acids is 3. The summed E-state index contributed by atoms with van der Waals surface area (Å²) in [5, 5.41) is 5.55. The molecule has 0 saturated heterocycles. The minimum absolute atomic E-state index is 0.213. The third kappa shape index (κ3) is 6.93. The quantitative estimate of drug-likeness (QED) is 0.482. The summed E-state index contributed by atoms with van der Waals surface area (Å²) < 4.78 is 10.5. The summed E-state index contributed by atoms with van der Waals surface area (Å²) in [5.41, 5.74) is 1.59. The topological polar surface area (TPSA) is 93.7 Å². The highest BCUT2D eigenvalue weighted by Crippen LogP contribution is 2.18. The molecule has 3 rings (SSSR count). The van der Waals surface area contributed by atoms with Crippen LogP contribution in [-0.2, 0) is 14.3 Å². The molecule has 2 amide bonds. The lowest BCUT2D eigenvalue weighted by molar-refractivity contribution is -0.153. The normalized spacial score (nSPS) is 12.2. The molecule has 0 aliphatic rings. The Morgan fingerprint density at radius 3 is 2.12 bits per heavy atom. The number of esters is 1. The van der Waals surface area contributed by atoms with E-state index in [0.29, 0.717) is 17.0 Å². The van der Waals surface area contributed by atoms with Gasteiger partial charge < -0.3 is 20.1 Å². The Morgan fingerprint density at radius 1 is 0.818 bits per heavy atom. The Morgan fingerprint density at radius 2 is 1.42 bits per heavy atom. The fourth-order valence-electron chi connectivity index (χ4n) is 3.08. The zero-order valence-electron chi connectivity index (χ0n) is 18.5. The molecule has 2 N–H and O–H groups in total. The van der Waals surface area contributed by atoms with Gasteiger partial charge in [-0.1, -0.05) is 60.7 Å². The van der Waals surface area contributed by atoms with Crippen LogP contribution in [0.2, 0.25) is 0 Å². The first-order valence-corrected chi connectivity index (χ1v) is 10.6. The molecule has 2 unspecified atom stereocenters. The van der Waals surface area contributed by atoms with Gasteiger partial charge in [-0.05, 0) is 43.7 Å². The highest BCUT2D eigenvalue weighted by molar-refractivity contribution is 6.04. The van der Waals surface area contributed by atoms with Gasteiger partial charge in [-0.25, -0.2) is 4.79 Å². The Kier molecular flexibility index (Phi) is 8.18. The molecule has 33 heavy (non-hydrogen) atoms. The average molecular weight is 447 g/mol. The molecule has 0 radical (unpaired) electrons. The number of ether oxygens (including phenoxy) is 2. The van der Waals surface area contributed by atoms with E-state index < -0.39 is 24.6 Å². The van der Waals surface area contributed by atoms with Crippen LogP contribution >= 0.6 is 0 Å². The number of nitrogens with one attached hydrogen (secondary N) is 2. The summed E-state index contributed by atoms with van der Waals surface area (Å²) in [6.07, 6.45) is -0.877. The Hall–Kier alpha value is -4.13. The molecule has 3 aromatic carbocycles. The molecule has 0 aliphatic heterocycles. The molecule has 0 fully saturated rings. The van der Waals surface area contributed by atoms with Crippen LogP contribution in [0.1, 0.15) is 35.8 Å². The van der Waals surface area contributed by atoms with Crippen molar-refractivity contribution in [1.29, 1.82) is 0 Å². The van der Waals surface area contributed by atoms with Gasteiger partial charge in [0.2, 0.25) is 0 Å². The van der Waals surface area contributed by atoms with Crippen molar-refractivity contribution in [3.63, 3.8) is 0 Å². The number of carbonyl (C=O) groups is 3. The smallest absolute Gasteiger partial charge is 0.347 e. The maximum absolute atomic E-state index is 12.8. The summed E-state index contributed by atoms with van der Waals surface area (Å²) in [7, 11) is 0. The lowest BCUT2D eigenvalue weighted by Crippen LogP contribution is -2.31. The van der Waals surface area contributed by atoms with Gasteiger partial charge in [0.25, 0.3) is 11.8 Å². The Labute approximate surface area is 192 Å². The van der Waals surface area contributed by atoms with Crippen LogP contribution in [0.25, 0.3) is 0 Å². The van der Waals surface area contributed by atoms with Crippen molar-refractivity contribution in [2.24, 2.45) is 0 Å². The first-order valence-electron chi connectivity index (χ1n) is 10.6. The summed E-state index contributed by atoms with van der Waals surface area (Å²) in [5.74, 6) is -1.04. The van der Waals surface area contributed by atoms with E-state index in [4.69, 9.17) is 9.47 Å². The van der Waals surface area contributed by atoms with E-state index in [2.05, 4.69) is 10.6 Å². The maximum atomic E-state index is 12.8. The lowest BCUT2D eigenvalue weighted by atomic mass is 10.1. The Bertz CT molecular complexity index is 1090. The molecular weight excluding hydrogens is 420 g/mol. The van der Waals surface area contributed by atoms with Crippen molar-refractivity contribution in [2.45, 2.75) is 26.0 Å². The first kappa shape index (κ1) is 23.5. The molecule has 0 saturated carbocycles. The third-order valence-electron chi connectivity index (χ3n) is 4.83. The van der Waals surface area contributed by atoms with Crippen molar-refractivity contribution in [2.75, 3.05) is 11.9 Å². The number of benzene rings is 3. The predicted molar refractivity (Wildman–Crippen MR) is 125 cm³/mol. The third-order valence-corrected chi connectivity index (χ3v) is 4.83. The number of para-hydroxylation sites is 2. The van der Waals surface area contributed by atoms with Crippen LogP contribution in [0.3, 0.4) is 0 Å². The fraction of sp³-hybridized carbons (Fsp3) is 0.192. The molecule has 0 bridgehead atoms. The number of anilines is 1. The highest BCUT2D eigenvalue weighted by atomic mass is 16.6. The summed E-state index contributed by atoms with van der Waals surface area (Å²) >= 11 is 0. The molecule has 170 valence electrons. The molecule has 0 spiro atoms. The minimum Gasteiger partial charge on any atom is -0.479 e. The molecule has 0 heterocycles. The SMILES string of the molecule is CC(Oc1ccccc1)C(=O)OCC(=O)Nc1ccccc1C(=O)NC(C)c1ccccc1. The average Bonchev–Trinajstić information content (AvgIpc) is 2.84. The number of amides is 2. The molecule has 2 atom stereocenters. The van der Waals surface area contributed by atoms with E-state index in [1.165, 1.54) is 0 Å². The lowest BCUT2D eigenvalue weighted by Gasteiger charge is -2.17. The van der Waals surface area contributed by atoms with E-state index in [1.54, 1.807) is 55.5 Å². The van der Waals surface area contributed by atoms with Crippen LogP contribution in [0.5, 0.6) is 5.75 Å². The summed E-state index contributed by atoms with van der Waals surface area (Å²) in [4.78, 5) is 37.3. The molecule has 7 heteroatoms. The van der Waals surface area contributed by atoms with E-state index in [0.717, 1.165) is 5.56 Å². The molecule has 3 aromatic rings. The van der Waals surface area contributed by atoms with Gasteiger partial charge in [0, 0.05) is 0 Å². The van der Waals surface area contributed by atoms with Crippen LogP contribution in [-0.4, -0.2) is 30.5 Å². The Balaban J connectivity index is 1.54. The fourth-order valence-corrected chi connectivity index (χ4v) is 3.08. The first-order chi connectivity index (χ1) is 15.9. The van der Waals surface area contributed by atoms with E-state index in [1.807, 2.05) is 43.3 Å². The largest absolute Gasteiger partial charge is 0.479 e. The summed E-state index contributed by atoms with van der Waals surface area (Å²) in [6.45, 7) is 2.92. The van der Waals surface area contributed by atoms with Crippen molar-refractivity contribution < 1.29 is 23.9 Å². The van der Waals surface area contributed by atoms with Gasteiger partial charge in [-0.3, -0.25) is 9.59 Å². The second-order valence-corrected chi connectivity index (χ2v) is 7.38. The van der Waals surface area contributed by atoms with Gasteiger partial charge in [0.05, 0.1) is 17.3 Å². The molecule has 0 aromatic heterocycles. The van der Waals surface area contributed by atoms with Crippen LogP contribution < -0.4 is 15.4 Å². The van der Waals surface area contributed by atoms with Gasteiger partial charge in [-0.15, -0.1) is 0 Å². The van der Waals surface area contributed by atoms with Crippen LogP contribution in [0.15, 0.2) is 84.9 Å². The van der Waals surface area contributed by atoms with Gasteiger partial charge in [0.15, 0.2) is 12.7 Å². The zero-order valence-corrected chi connectivity index (χ0v) is 18.5. The molecule has 7 nitrogen and oxygen atoms in total. The van der Waals surface area contributed by atoms with Gasteiger partial charge in [-0.2, -0.15) is 0 Å². The van der Waals surface area contributed by atoms with E-state index in [9.17, 15) is 14.4 Å². The standard InChI is InChI=1S/C26H26N2O5/c1-18(20-11-5-3-6-12-20)27-25(30)22-15-9-10-16-23(22)28-24(29)17-32-26(31)19(2)33-21-13-7-4-8-14-21/h3-16,18-19H,17H2,1-2H3,(H,27,30)(H,28,29). The van der Waals surface area contributed by atoms with Gasteiger partial charge in [0.1, 0.15) is 5.75 Å². The van der Waals surface area contributed by atoms with E-state index in [-0.39, 0.29) is 11.9 Å². The highest BCUT2D eigenvalue weighted by Gasteiger charge is 2.19. The van der Waals surface area contributed by atoms with Crippen molar-refractivity contribution in [1.82, 2.24) is 5.32 Å².